The first-order valence-electron chi connectivity index (χ1n) is 4.55. The molecule has 2 unspecified atom stereocenters. The Morgan fingerprint density at radius 3 is 2.55 bits per heavy atom. The summed E-state index contributed by atoms with van der Waals surface area (Å²) in [5.74, 6) is 3.16. The summed E-state index contributed by atoms with van der Waals surface area (Å²) in [5.41, 5.74) is 0. The zero-order valence-corrected chi connectivity index (χ0v) is 8.92. The van der Waals surface area contributed by atoms with Gasteiger partial charge in [0.15, 0.2) is 0 Å². The van der Waals surface area contributed by atoms with Crippen molar-refractivity contribution in [1.82, 2.24) is 0 Å². The van der Waals surface area contributed by atoms with Crippen molar-refractivity contribution in [2.45, 2.75) is 19.3 Å². The molecular formula is C9H15IO. The van der Waals surface area contributed by atoms with Crippen LogP contribution in [0.5, 0.6) is 0 Å². The smallest absolute Gasteiger partial charge is 0.0468 e. The SMILES string of the molecule is ICC1CC1C1CCOCC1. The predicted octanol–water partition coefficient (Wildman–Crippen LogP) is 2.48. The molecule has 2 atom stereocenters. The van der Waals surface area contributed by atoms with Gasteiger partial charge in [-0.05, 0) is 37.0 Å². The summed E-state index contributed by atoms with van der Waals surface area (Å²) in [7, 11) is 0. The van der Waals surface area contributed by atoms with Gasteiger partial charge in [0, 0.05) is 17.6 Å². The molecule has 2 rings (SSSR count). The molecule has 1 saturated heterocycles. The number of hydrogen-bond donors (Lipinski definition) is 0. The fourth-order valence-electron chi connectivity index (χ4n) is 2.17. The highest BCUT2D eigenvalue weighted by atomic mass is 127. The van der Waals surface area contributed by atoms with Crippen LogP contribution >= 0.6 is 22.6 Å². The van der Waals surface area contributed by atoms with Gasteiger partial charge in [0.1, 0.15) is 0 Å². The zero-order valence-electron chi connectivity index (χ0n) is 6.76. The summed E-state index contributed by atoms with van der Waals surface area (Å²) in [4.78, 5) is 0. The molecule has 2 heteroatoms. The van der Waals surface area contributed by atoms with E-state index in [2.05, 4.69) is 22.6 Å². The predicted molar refractivity (Wildman–Crippen MR) is 54.0 cm³/mol. The van der Waals surface area contributed by atoms with E-state index >= 15 is 0 Å². The summed E-state index contributed by atoms with van der Waals surface area (Å²) in [5, 5.41) is 0. The van der Waals surface area contributed by atoms with Gasteiger partial charge in [-0.25, -0.2) is 0 Å². The Bertz CT molecular complexity index is 132. The highest BCUT2D eigenvalue weighted by Gasteiger charge is 2.41. The molecule has 0 spiro atoms. The Morgan fingerprint density at radius 2 is 2.00 bits per heavy atom. The number of hydrogen-bond acceptors (Lipinski definition) is 1. The lowest BCUT2D eigenvalue weighted by atomic mass is 9.94. The van der Waals surface area contributed by atoms with E-state index in [1.54, 1.807) is 0 Å². The molecule has 1 aliphatic carbocycles. The molecule has 0 amide bonds. The third-order valence-corrected chi connectivity index (χ3v) is 4.18. The van der Waals surface area contributed by atoms with E-state index in [1.807, 2.05) is 0 Å². The van der Waals surface area contributed by atoms with E-state index in [0.29, 0.717) is 0 Å². The molecule has 0 radical (unpaired) electrons. The van der Waals surface area contributed by atoms with Crippen LogP contribution in [0, 0.1) is 17.8 Å². The second-order valence-electron chi connectivity index (χ2n) is 3.76. The molecule has 2 aliphatic rings. The van der Waals surface area contributed by atoms with E-state index in [-0.39, 0.29) is 0 Å². The first-order chi connectivity index (χ1) is 5.42. The standard InChI is InChI=1S/C9H15IO/c10-6-8-5-9(8)7-1-3-11-4-2-7/h7-9H,1-6H2. The van der Waals surface area contributed by atoms with Crippen LogP contribution in [0.15, 0.2) is 0 Å². The maximum atomic E-state index is 5.34. The van der Waals surface area contributed by atoms with Crippen LogP contribution in [-0.2, 0) is 4.74 Å². The van der Waals surface area contributed by atoms with E-state index in [9.17, 15) is 0 Å². The molecule has 1 saturated carbocycles. The molecule has 0 aromatic heterocycles. The number of ether oxygens (including phenoxy) is 1. The average Bonchev–Trinajstić information content (AvgIpc) is 2.85. The monoisotopic (exact) mass is 266 g/mol. The minimum atomic E-state index is 1.02. The largest absolute Gasteiger partial charge is 0.381 e. The van der Waals surface area contributed by atoms with Gasteiger partial charge in [0.05, 0.1) is 0 Å². The lowest BCUT2D eigenvalue weighted by molar-refractivity contribution is 0.0586. The van der Waals surface area contributed by atoms with Crippen LogP contribution in [0.2, 0.25) is 0 Å². The summed E-state index contributed by atoms with van der Waals surface area (Å²) in [6, 6.07) is 0. The number of rotatable bonds is 2. The van der Waals surface area contributed by atoms with Crippen LogP contribution in [0.4, 0.5) is 0 Å². The van der Waals surface area contributed by atoms with Crippen LogP contribution in [0.1, 0.15) is 19.3 Å². The fraction of sp³-hybridized carbons (Fsp3) is 1.00. The van der Waals surface area contributed by atoms with Gasteiger partial charge in [0.2, 0.25) is 0 Å². The highest BCUT2D eigenvalue weighted by Crippen LogP contribution is 2.48. The number of alkyl halides is 1. The molecule has 2 fully saturated rings. The topological polar surface area (TPSA) is 9.23 Å². The van der Waals surface area contributed by atoms with E-state index in [4.69, 9.17) is 4.74 Å². The van der Waals surface area contributed by atoms with E-state index in [1.165, 1.54) is 23.7 Å². The summed E-state index contributed by atoms with van der Waals surface area (Å²) >= 11 is 2.52. The molecule has 11 heavy (non-hydrogen) atoms. The summed E-state index contributed by atoms with van der Waals surface area (Å²) < 4.78 is 6.72. The first-order valence-corrected chi connectivity index (χ1v) is 6.08. The van der Waals surface area contributed by atoms with Gasteiger partial charge in [-0.2, -0.15) is 0 Å². The van der Waals surface area contributed by atoms with Crippen molar-refractivity contribution in [3.63, 3.8) is 0 Å². The van der Waals surface area contributed by atoms with Gasteiger partial charge >= 0.3 is 0 Å². The summed E-state index contributed by atoms with van der Waals surface area (Å²) in [6.45, 7) is 2.05. The second kappa shape index (κ2) is 3.60. The minimum absolute atomic E-state index is 1.02. The second-order valence-corrected chi connectivity index (χ2v) is 4.64. The van der Waals surface area contributed by atoms with Gasteiger partial charge in [-0.1, -0.05) is 22.6 Å². The van der Waals surface area contributed by atoms with Crippen LogP contribution < -0.4 is 0 Å². The third kappa shape index (κ3) is 1.89. The third-order valence-electron chi connectivity index (χ3n) is 3.05. The maximum absolute atomic E-state index is 5.34. The van der Waals surface area contributed by atoms with Crippen molar-refractivity contribution in [3.8, 4) is 0 Å². The molecule has 0 aromatic carbocycles. The van der Waals surface area contributed by atoms with Crippen LogP contribution in [-0.4, -0.2) is 17.6 Å². The molecule has 0 bridgehead atoms. The van der Waals surface area contributed by atoms with Gasteiger partial charge in [0.25, 0.3) is 0 Å². The van der Waals surface area contributed by atoms with Crippen molar-refractivity contribution >= 4 is 22.6 Å². The average molecular weight is 266 g/mol. The van der Waals surface area contributed by atoms with Crippen molar-refractivity contribution < 1.29 is 4.74 Å². The Labute approximate surface area is 82.0 Å². The van der Waals surface area contributed by atoms with Crippen molar-refractivity contribution in [2.75, 3.05) is 17.6 Å². The van der Waals surface area contributed by atoms with Gasteiger partial charge < -0.3 is 4.74 Å². The Kier molecular flexibility index (Phi) is 2.72. The highest BCUT2D eigenvalue weighted by molar-refractivity contribution is 14.1. The zero-order chi connectivity index (χ0) is 7.68. The molecule has 64 valence electrons. The van der Waals surface area contributed by atoms with Gasteiger partial charge in [-0.3, -0.25) is 0 Å². The van der Waals surface area contributed by atoms with Crippen LogP contribution in [0.25, 0.3) is 0 Å². The normalized spacial score (nSPS) is 39.0. The minimum Gasteiger partial charge on any atom is -0.381 e. The van der Waals surface area contributed by atoms with Gasteiger partial charge in [-0.15, -0.1) is 0 Å². The van der Waals surface area contributed by atoms with Crippen molar-refractivity contribution in [3.05, 3.63) is 0 Å². The lowest BCUT2D eigenvalue weighted by Gasteiger charge is -2.21. The van der Waals surface area contributed by atoms with Crippen molar-refractivity contribution in [2.24, 2.45) is 17.8 Å². The van der Waals surface area contributed by atoms with Crippen molar-refractivity contribution in [1.29, 1.82) is 0 Å². The van der Waals surface area contributed by atoms with Crippen LogP contribution in [0.3, 0.4) is 0 Å². The molecule has 1 nitrogen and oxygen atoms in total. The summed E-state index contributed by atoms with van der Waals surface area (Å²) in [6.07, 6.45) is 4.17. The fourth-order valence-corrected chi connectivity index (χ4v) is 3.18. The molecule has 1 heterocycles. The molecule has 1 aliphatic heterocycles. The molecule has 0 N–H and O–H groups in total. The Balaban J connectivity index is 1.77. The number of halogens is 1. The quantitative estimate of drug-likeness (QED) is 0.551. The Hall–Kier alpha value is 0.690. The lowest BCUT2D eigenvalue weighted by Crippen LogP contribution is -2.17. The Morgan fingerprint density at radius 1 is 1.27 bits per heavy atom. The first kappa shape index (κ1) is 8.30. The van der Waals surface area contributed by atoms with E-state index in [0.717, 1.165) is 31.0 Å². The molecular weight excluding hydrogens is 251 g/mol. The maximum Gasteiger partial charge on any atom is 0.0468 e. The molecule has 0 aromatic rings. The van der Waals surface area contributed by atoms with E-state index < -0.39 is 0 Å².